The third-order valence-electron chi connectivity index (χ3n) is 3.43. The summed E-state index contributed by atoms with van der Waals surface area (Å²) in [6.07, 6.45) is 1.32. The summed E-state index contributed by atoms with van der Waals surface area (Å²) in [7, 11) is 0. The largest absolute Gasteiger partial charge is 0.508 e. The Balaban J connectivity index is 1.77. The van der Waals surface area contributed by atoms with Crippen molar-refractivity contribution < 1.29 is 29.3 Å². The van der Waals surface area contributed by atoms with Crippen molar-refractivity contribution >= 4 is 16.9 Å². The van der Waals surface area contributed by atoms with E-state index in [1.807, 2.05) is 0 Å². The minimum Gasteiger partial charge on any atom is -0.508 e. The number of ether oxygens (including phenoxy) is 1. The van der Waals surface area contributed by atoms with Gasteiger partial charge in [0.25, 0.3) is 0 Å². The third-order valence-corrected chi connectivity index (χ3v) is 3.43. The molecule has 0 saturated heterocycles. The van der Waals surface area contributed by atoms with Crippen molar-refractivity contribution in [2.75, 3.05) is 0 Å². The maximum atomic E-state index is 10.8. The molecule has 0 bridgehead atoms. The van der Waals surface area contributed by atoms with Crippen LogP contribution in [-0.4, -0.2) is 21.3 Å². The number of phenolic OH excluding ortho intramolecular Hbond substituents is 2. The molecule has 3 rings (SSSR count). The Hall–Kier alpha value is -3.15. The molecule has 0 aliphatic heterocycles. The Kier molecular flexibility index (Phi) is 3.80. The molecule has 1 aromatic heterocycles. The Morgan fingerprint density at radius 1 is 1.09 bits per heavy atom. The van der Waals surface area contributed by atoms with Crippen LogP contribution in [0.3, 0.4) is 0 Å². The van der Waals surface area contributed by atoms with E-state index in [1.54, 1.807) is 24.3 Å². The molecule has 23 heavy (non-hydrogen) atoms. The van der Waals surface area contributed by atoms with E-state index in [-0.39, 0.29) is 24.5 Å². The lowest BCUT2D eigenvalue weighted by atomic mass is 10.1. The molecule has 6 heteroatoms. The highest BCUT2D eigenvalue weighted by Crippen LogP contribution is 2.28. The van der Waals surface area contributed by atoms with Gasteiger partial charge >= 0.3 is 5.97 Å². The number of carbonyl (C=O) groups is 1. The monoisotopic (exact) mass is 314 g/mol. The van der Waals surface area contributed by atoms with Gasteiger partial charge < -0.3 is 24.5 Å². The van der Waals surface area contributed by atoms with E-state index in [0.717, 1.165) is 5.39 Å². The first-order valence-corrected chi connectivity index (χ1v) is 6.88. The normalized spacial score (nSPS) is 10.8. The van der Waals surface area contributed by atoms with E-state index in [1.165, 1.54) is 18.4 Å². The van der Waals surface area contributed by atoms with Crippen LogP contribution in [0.4, 0.5) is 0 Å². The predicted octanol–water partition coefficient (Wildman–Crippen LogP) is 3.05. The van der Waals surface area contributed by atoms with Crippen molar-refractivity contribution in [3.05, 3.63) is 53.8 Å². The first-order chi connectivity index (χ1) is 11.0. The van der Waals surface area contributed by atoms with Crippen LogP contribution in [0.1, 0.15) is 11.1 Å². The van der Waals surface area contributed by atoms with Gasteiger partial charge in [-0.3, -0.25) is 4.79 Å². The van der Waals surface area contributed by atoms with Crippen LogP contribution in [-0.2, 0) is 17.8 Å². The van der Waals surface area contributed by atoms with Crippen LogP contribution >= 0.6 is 0 Å². The molecule has 1 heterocycles. The predicted molar refractivity (Wildman–Crippen MR) is 81.7 cm³/mol. The zero-order valence-electron chi connectivity index (χ0n) is 12.0. The van der Waals surface area contributed by atoms with Crippen molar-refractivity contribution in [2.24, 2.45) is 0 Å². The fourth-order valence-corrected chi connectivity index (χ4v) is 2.29. The number of aromatic hydroxyl groups is 2. The van der Waals surface area contributed by atoms with Gasteiger partial charge in [-0.05, 0) is 24.3 Å². The fraction of sp³-hybridized carbons (Fsp3) is 0.118. The summed E-state index contributed by atoms with van der Waals surface area (Å²) in [6, 6.07) is 9.39. The summed E-state index contributed by atoms with van der Waals surface area (Å²) < 4.78 is 10.9. The van der Waals surface area contributed by atoms with Crippen LogP contribution in [0.5, 0.6) is 17.2 Å². The van der Waals surface area contributed by atoms with E-state index >= 15 is 0 Å². The maximum absolute atomic E-state index is 10.8. The smallest absolute Gasteiger partial charge is 0.307 e. The molecule has 0 spiro atoms. The molecule has 0 amide bonds. The summed E-state index contributed by atoms with van der Waals surface area (Å²) in [5.41, 5.74) is 1.68. The lowest BCUT2D eigenvalue weighted by Crippen LogP contribution is -1.99. The van der Waals surface area contributed by atoms with Crippen LogP contribution in [0.15, 0.2) is 47.1 Å². The molecule has 0 saturated carbocycles. The second-order valence-electron chi connectivity index (χ2n) is 5.09. The molecule has 0 aliphatic carbocycles. The van der Waals surface area contributed by atoms with Gasteiger partial charge in [-0.2, -0.15) is 0 Å². The highest BCUT2D eigenvalue weighted by atomic mass is 16.5. The molecule has 2 aromatic carbocycles. The number of hydrogen-bond acceptors (Lipinski definition) is 5. The van der Waals surface area contributed by atoms with E-state index in [9.17, 15) is 15.0 Å². The molecule has 0 unspecified atom stereocenters. The number of benzene rings is 2. The Morgan fingerprint density at radius 2 is 1.91 bits per heavy atom. The lowest BCUT2D eigenvalue weighted by molar-refractivity contribution is -0.136. The quantitative estimate of drug-likeness (QED) is 0.669. The molecule has 6 nitrogen and oxygen atoms in total. The molecule has 3 aromatic rings. The van der Waals surface area contributed by atoms with Crippen LogP contribution in [0.25, 0.3) is 11.0 Å². The van der Waals surface area contributed by atoms with Gasteiger partial charge in [0, 0.05) is 28.6 Å². The number of carboxylic acid groups (broad SMARTS) is 1. The topological polar surface area (TPSA) is 100 Å². The zero-order chi connectivity index (χ0) is 16.4. The summed E-state index contributed by atoms with van der Waals surface area (Å²) in [4.78, 5) is 10.8. The Bertz CT molecular complexity index is 865. The number of aliphatic carboxylic acids is 1. The van der Waals surface area contributed by atoms with Crippen molar-refractivity contribution in [3.63, 3.8) is 0 Å². The van der Waals surface area contributed by atoms with E-state index in [2.05, 4.69) is 0 Å². The number of furan rings is 1. The Morgan fingerprint density at radius 3 is 2.65 bits per heavy atom. The van der Waals surface area contributed by atoms with Crippen molar-refractivity contribution in [3.8, 4) is 17.2 Å². The summed E-state index contributed by atoms with van der Waals surface area (Å²) >= 11 is 0. The molecular formula is C17H14O6. The van der Waals surface area contributed by atoms with Gasteiger partial charge in [0.15, 0.2) is 0 Å². The van der Waals surface area contributed by atoms with Gasteiger partial charge in [0.2, 0.25) is 0 Å². The molecule has 0 aliphatic rings. The average Bonchev–Trinajstić information content (AvgIpc) is 2.88. The van der Waals surface area contributed by atoms with Crippen molar-refractivity contribution in [1.29, 1.82) is 0 Å². The molecule has 0 atom stereocenters. The number of fused-ring (bicyclic) bond motifs is 1. The van der Waals surface area contributed by atoms with Gasteiger partial charge in [-0.1, -0.05) is 0 Å². The summed E-state index contributed by atoms with van der Waals surface area (Å²) in [5.74, 6) is -0.459. The SMILES string of the molecule is O=C(O)Cc1coc2cc(OCc3ccc(O)cc3O)ccc12. The standard InChI is InChI=1S/C17H14O6/c18-12-2-1-10(15(19)6-12)8-22-13-3-4-14-11(5-17(20)21)9-23-16(14)7-13/h1-4,6-7,9,18-19H,5,8H2,(H,20,21). The average molecular weight is 314 g/mol. The maximum Gasteiger partial charge on any atom is 0.307 e. The molecule has 0 fully saturated rings. The van der Waals surface area contributed by atoms with Crippen molar-refractivity contribution in [1.82, 2.24) is 0 Å². The summed E-state index contributed by atoms with van der Waals surface area (Å²) in [6.45, 7) is 0.125. The molecule has 0 radical (unpaired) electrons. The first-order valence-electron chi connectivity index (χ1n) is 6.88. The highest BCUT2D eigenvalue weighted by molar-refractivity contribution is 5.86. The van der Waals surface area contributed by atoms with Crippen LogP contribution in [0, 0.1) is 0 Å². The second-order valence-corrected chi connectivity index (χ2v) is 5.09. The molecule has 3 N–H and O–H groups in total. The van der Waals surface area contributed by atoms with Gasteiger partial charge in [0.05, 0.1) is 12.7 Å². The summed E-state index contributed by atoms with van der Waals surface area (Å²) in [5, 5.41) is 28.5. The third kappa shape index (κ3) is 3.21. The van der Waals surface area contributed by atoms with Crippen molar-refractivity contribution in [2.45, 2.75) is 13.0 Å². The lowest BCUT2D eigenvalue weighted by Gasteiger charge is -2.08. The highest BCUT2D eigenvalue weighted by Gasteiger charge is 2.11. The number of carboxylic acids is 1. The van der Waals surface area contributed by atoms with E-state index < -0.39 is 5.97 Å². The Labute approximate surface area is 131 Å². The van der Waals surface area contributed by atoms with Gasteiger partial charge in [-0.25, -0.2) is 0 Å². The number of phenols is 2. The molecular weight excluding hydrogens is 300 g/mol. The van der Waals surface area contributed by atoms with E-state index in [0.29, 0.717) is 22.5 Å². The van der Waals surface area contributed by atoms with E-state index in [4.69, 9.17) is 14.3 Å². The fourth-order valence-electron chi connectivity index (χ4n) is 2.29. The van der Waals surface area contributed by atoms with Gasteiger partial charge in [0.1, 0.15) is 29.4 Å². The van der Waals surface area contributed by atoms with Crippen LogP contribution in [0.2, 0.25) is 0 Å². The van der Waals surface area contributed by atoms with Crippen LogP contribution < -0.4 is 4.74 Å². The number of hydrogen-bond donors (Lipinski definition) is 3. The minimum absolute atomic E-state index is 0.0192. The first kappa shape index (κ1) is 14.8. The van der Waals surface area contributed by atoms with Gasteiger partial charge in [-0.15, -0.1) is 0 Å². The second kappa shape index (κ2) is 5.92. The zero-order valence-corrected chi connectivity index (χ0v) is 12.0. The minimum atomic E-state index is -0.921. The molecule has 118 valence electrons. The number of rotatable bonds is 5.